The van der Waals surface area contributed by atoms with Crippen molar-refractivity contribution in [3.05, 3.63) is 195 Å². The second kappa shape index (κ2) is 16.5. The van der Waals surface area contributed by atoms with Crippen molar-refractivity contribution in [3.8, 4) is 0 Å². The zero-order valence-electron chi connectivity index (χ0n) is 25.5. The molecule has 6 aromatic carbocycles. The van der Waals surface area contributed by atoms with Crippen molar-refractivity contribution < 1.29 is 0 Å². The molecule has 0 saturated carbocycles. The first-order valence-corrected chi connectivity index (χ1v) is 15.8. The molecule has 6 aromatic rings. The largest absolute Gasteiger partial charge is 0.310 e. The molecule has 0 bridgehead atoms. The Balaban J connectivity index is 0.000000167. The molecule has 0 aliphatic rings. The van der Waals surface area contributed by atoms with Gasteiger partial charge in [-0.15, -0.1) is 0 Å². The van der Waals surface area contributed by atoms with Crippen molar-refractivity contribution in [2.75, 3.05) is 4.90 Å². The van der Waals surface area contributed by atoms with E-state index >= 15 is 0 Å². The number of para-hydroxylation sites is 3. The number of benzene rings is 6. The molecule has 0 N–H and O–H groups in total. The lowest BCUT2D eigenvalue weighted by molar-refractivity contribution is 1.13. The van der Waals surface area contributed by atoms with Crippen molar-refractivity contribution in [2.24, 2.45) is 0 Å². The maximum atomic E-state index is 2.32. The Morgan fingerprint density at radius 3 is 1.12 bits per heavy atom. The lowest BCUT2D eigenvalue weighted by Crippen LogP contribution is -2.12. The van der Waals surface area contributed by atoms with E-state index in [0.717, 1.165) is 6.42 Å². The first-order valence-electron chi connectivity index (χ1n) is 14.7. The van der Waals surface area contributed by atoms with Crippen LogP contribution in [0.4, 0.5) is 17.1 Å². The van der Waals surface area contributed by atoms with Crippen LogP contribution in [0.3, 0.4) is 0 Å². The minimum Gasteiger partial charge on any atom is -0.310 e. The Morgan fingerprint density at radius 1 is 0.395 bits per heavy atom. The predicted octanol–water partition coefficient (Wildman–Crippen LogP) is 12.0. The predicted molar refractivity (Wildman–Crippen MR) is 195 cm³/mol. The summed E-state index contributed by atoms with van der Waals surface area (Å²) in [4.78, 5) is 2.32. The molecule has 6 rings (SSSR count). The molecule has 0 unspecified atom stereocenters. The molecule has 0 spiro atoms. The van der Waals surface area contributed by atoms with E-state index in [1.165, 1.54) is 54.0 Å². The third-order valence-corrected chi connectivity index (χ3v) is 8.08. The average Bonchev–Trinajstić information content (AvgIpc) is 3.03. The summed E-state index contributed by atoms with van der Waals surface area (Å²) in [5.74, 6) is 0. The minimum absolute atomic E-state index is 1.04. The van der Waals surface area contributed by atoms with Crippen LogP contribution >= 0.6 is 22.6 Å². The van der Waals surface area contributed by atoms with Crippen LogP contribution in [0.15, 0.2) is 158 Å². The lowest BCUT2D eigenvalue weighted by Gasteiger charge is -2.28. The minimum atomic E-state index is 1.04. The highest BCUT2D eigenvalue weighted by Crippen LogP contribution is 2.37. The second-order valence-electron chi connectivity index (χ2n) is 10.6. The van der Waals surface area contributed by atoms with Gasteiger partial charge in [-0.1, -0.05) is 121 Å². The van der Waals surface area contributed by atoms with Gasteiger partial charge in [-0.25, -0.2) is 0 Å². The average molecular weight is 674 g/mol. The number of hydrogen-bond donors (Lipinski definition) is 0. The van der Waals surface area contributed by atoms with E-state index in [1.807, 2.05) is 18.2 Å². The molecule has 0 saturated heterocycles. The summed E-state index contributed by atoms with van der Waals surface area (Å²) in [7, 11) is 0. The number of nitrogens with zero attached hydrogens (tertiary/aromatic N) is 1. The van der Waals surface area contributed by atoms with Gasteiger partial charge in [0.05, 0.1) is 0 Å². The summed E-state index contributed by atoms with van der Waals surface area (Å²) < 4.78 is 1.29. The molecule has 43 heavy (non-hydrogen) atoms. The molecule has 0 atom stereocenters. The molecule has 216 valence electrons. The molecule has 1 nitrogen and oxygen atoms in total. The van der Waals surface area contributed by atoms with Crippen LogP contribution in [-0.2, 0) is 6.42 Å². The van der Waals surface area contributed by atoms with E-state index in [1.54, 1.807) is 0 Å². The van der Waals surface area contributed by atoms with E-state index in [2.05, 4.69) is 195 Å². The van der Waals surface area contributed by atoms with Gasteiger partial charge in [-0.3, -0.25) is 0 Å². The maximum Gasteiger partial charge on any atom is 0.0490 e. The van der Waals surface area contributed by atoms with Gasteiger partial charge in [0.1, 0.15) is 0 Å². The van der Waals surface area contributed by atoms with E-state index in [4.69, 9.17) is 0 Å². The third-order valence-electron chi connectivity index (χ3n) is 7.36. The Morgan fingerprint density at radius 2 is 0.744 bits per heavy atom. The molecule has 0 aliphatic carbocycles. The quantitative estimate of drug-likeness (QED) is 0.165. The number of aryl methyl sites for hydroxylation is 4. The Hall–Kier alpha value is -4.15. The Kier molecular flexibility index (Phi) is 12.2. The molecule has 2 heteroatoms. The van der Waals surface area contributed by atoms with Crippen LogP contribution in [0.1, 0.15) is 33.4 Å². The molecule has 0 radical (unpaired) electrons. The first kappa shape index (κ1) is 31.8. The summed E-state index contributed by atoms with van der Waals surface area (Å²) >= 11 is 2.28. The number of rotatable bonds is 5. The first-order chi connectivity index (χ1) is 20.9. The summed E-state index contributed by atoms with van der Waals surface area (Å²) in [5.41, 5.74) is 11.8. The highest BCUT2D eigenvalue weighted by molar-refractivity contribution is 14.1. The highest BCUT2D eigenvalue weighted by atomic mass is 127. The van der Waals surface area contributed by atoms with Crippen molar-refractivity contribution >= 4 is 39.7 Å². The Bertz CT molecular complexity index is 1600. The maximum absolute atomic E-state index is 2.32. The summed E-state index contributed by atoms with van der Waals surface area (Å²) in [6.45, 7) is 8.66. The van der Waals surface area contributed by atoms with E-state index in [-0.39, 0.29) is 0 Å². The SMILES string of the molecule is Cc1ccccc1Cc1ccccc1C.Cc1ccccc1N(c1ccccc1)c1ccccc1C.Ic1ccccc1. The fourth-order valence-corrected chi connectivity index (χ4v) is 5.27. The number of halogens is 1. The number of hydrogen-bond acceptors (Lipinski definition) is 1. The molecular weight excluding hydrogens is 633 g/mol. The molecule has 0 aliphatic heterocycles. The van der Waals surface area contributed by atoms with Gasteiger partial charge in [-0.05, 0) is 126 Å². The van der Waals surface area contributed by atoms with Gasteiger partial charge in [0.15, 0.2) is 0 Å². The topological polar surface area (TPSA) is 3.24 Å². The fourth-order valence-electron chi connectivity index (χ4n) is 4.85. The summed E-state index contributed by atoms with van der Waals surface area (Å²) in [6.07, 6.45) is 1.04. The Labute approximate surface area is 272 Å². The van der Waals surface area contributed by atoms with Gasteiger partial charge in [0, 0.05) is 20.6 Å². The monoisotopic (exact) mass is 673 g/mol. The van der Waals surface area contributed by atoms with E-state index in [9.17, 15) is 0 Å². The van der Waals surface area contributed by atoms with Crippen molar-refractivity contribution in [2.45, 2.75) is 34.1 Å². The van der Waals surface area contributed by atoms with Crippen LogP contribution in [-0.4, -0.2) is 0 Å². The van der Waals surface area contributed by atoms with Crippen LogP contribution in [0, 0.1) is 31.3 Å². The van der Waals surface area contributed by atoms with Gasteiger partial charge in [-0.2, -0.15) is 0 Å². The number of anilines is 3. The second-order valence-corrected chi connectivity index (χ2v) is 11.8. The van der Waals surface area contributed by atoms with Gasteiger partial charge in [0.2, 0.25) is 0 Å². The van der Waals surface area contributed by atoms with Crippen molar-refractivity contribution in [1.29, 1.82) is 0 Å². The van der Waals surface area contributed by atoms with Gasteiger partial charge in [0.25, 0.3) is 0 Å². The van der Waals surface area contributed by atoms with Gasteiger partial charge >= 0.3 is 0 Å². The lowest BCUT2D eigenvalue weighted by atomic mass is 9.98. The molecule has 0 fully saturated rings. The highest BCUT2D eigenvalue weighted by Gasteiger charge is 2.15. The third kappa shape index (κ3) is 9.42. The summed E-state index contributed by atoms with van der Waals surface area (Å²) in [6, 6.07) is 54.9. The fraction of sp³-hybridized carbons (Fsp3) is 0.122. The molecule has 0 heterocycles. The van der Waals surface area contributed by atoms with Crippen LogP contribution in [0.2, 0.25) is 0 Å². The molecule has 0 amide bonds. The normalized spacial score (nSPS) is 10.1. The molecule has 0 aromatic heterocycles. The smallest absolute Gasteiger partial charge is 0.0490 e. The molecular formula is C41H40IN. The van der Waals surface area contributed by atoms with Crippen LogP contribution in [0.25, 0.3) is 0 Å². The van der Waals surface area contributed by atoms with Crippen molar-refractivity contribution in [3.63, 3.8) is 0 Å². The van der Waals surface area contributed by atoms with Crippen LogP contribution < -0.4 is 4.90 Å². The van der Waals surface area contributed by atoms with E-state index in [0.29, 0.717) is 0 Å². The van der Waals surface area contributed by atoms with Crippen molar-refractivity contribution in [1.82, 2.24) is 0 Å². The van der Waals surface area contributed by atoms with Crippen LogP contribution in [0.5, 0.6) is 0 Å². The summed E-state index contributed by atoms with van der Waals surface area (Å²) in [5, 5.41) is 0. The van der Waals surface area contributed by atoms with Gasteiger partial charge < -0.3 is 4.90 Å². The van der Waals surface area contributed by atoms with E-state index < -0.39 is 0 Å². The zero-order chi connectivity index (χ0) is 30.4. The standard InChI is InChI=1S/C20H19N.C15H16.C6H5I/c1-16-10-6-8-14-19(16)21(18-12-4-3-5-13-18)20-15-9-7-11-17(20)2;1-12-7-3-5-9-14(12)11-15-10-6-4-8-13(15)2;7-6-4-2-1-3-5-6/h3-15H,1-2H3;3-10H,11H2,1-2H3;1-5H. The zero-order valence-corrected chi connectivity index (χ0v) is 27.7.